The first-order valence-corrected chi connectivity index (χ1v) is 8.06. The van der Waals surface area contributed by atoms with Crippen molar-refractivity contribution >= 4 is 40.5 Å². The Morgan fingerprint density at radius 2 is 1.75 bits per heavy atom. The maximum atomic E-state index is 6.02. The molecule has 122 valence electrons. The van der Waals surface area contributed by atoms with E-state index in [2.05, 4.69) is 25.6 Å². The average molecular weight is 360 g/mol. The molecule has 0 bridgehead atoms. The maximum absolute atomic E-state index is 6.02. The molecule has 0 aliphatic carbocycles. The van der Waals surface area contributed by atoms with E-state index in [-0.39, 0.29) is 0 Å². The van der Waals surface area contributed by atoms with Gasteiger partial charge in [0.15, 0.2) is 0 Å². The first kappa shape index (κ1) is 16.5. The molecule has 7 heteroatoms. The third-order valence-electron chi connectivity index (χ3n) is 3.17. The number of pyridine rings is 1. The van der Waals surface area contributed by atoms with E-state index in [1.54, 1.807) is 24.4 Å². The predicted octanol–water partition coefficient (Wildman–Crippen LogP) is 4.84. The molecule has 0 atom stereocenters. The van der Waals surface area contributed by atoms with E-state index in [0.717, 1.165) is 17.1 Å². The van der Waals surface area contributed by atoms with E-state index in [1.807, 2.05) is 31.3 Å². The van der Waals surface area contributed by atoms with Crippen molar-refractivity contribution in [3.05, 3.63) is 70.2 Å². The smallest absolute Gasteiger partial charge is 0.136 e. The van der Waals surface area contributed by atoms with Crippen LogP contribution in [-0.2, 0) is 6.54 Å². The second kappa shape index (κ2) is 7.47. The molecule has 0 radical (unpaired) electrons. The zero-order valence-corrected chi connectivity index (χ0v) is 14.4. The van der Waals surface area contributed by atoms with Gasteiger partial charge in [-0.15, -0.1) is 0 Å². The Bertz CT molecular complexity index is 819. The molecule has 2 N–H and O–H groups in total. The molecule has 0 spiro atoms. The minimum Gasteiger partial charge on any atom is -0.366 e. The molecule has 0 amide bonds. The topological polar surface area (TPSA) is 62.7 Å². The number of hydrogen-bond donors (Lipinski definition) is 2. The van der Waals surface area contributed by atoms with Gasteiger partial charge >= 0.3 is 0 Å². The zero-order chi connectivity index (χ0) is 16.9. The van der Waals surface area contributed by atoms with Crippen LogP contribution in [-0.4, -0.2) is 15.0 Å². The van der Waals surface area contributed by atoms with Crippen LogP contribution in [0.4, 0.5) is 17.3 Å². The van der Waals surface area contributed by atoms with Crippen molar-refractivity contribution in [3.8, 4) is 0 Å². The summed E-state index contributed by atoms with van der Waals surface area (Å²) in [5, 5.41) is 7.58. The molecule has 2 heterocycles. The summed E-state index contributed by atoms with van der Waals surface area (Å²) in [6.07, 6.45) is 3.56. The van der Waals surface area contributed by atoms with Crippen molar-refractivity contribution in [2.75, 3.05) is 10.6 Å². The number of nitrogens with one attached hydrogen (secondary N) is 2. The molecule has 5 nitrogen and oxygen atoms in total. The Labute approximate surface area is 150 Å². The standard InChI is InChI=1S/C17H15Cl2N5/c1-11-22-16(21-10-12-3-2-4-20-9-12)8-17(23-11)24-15-6-13(18)5-14(19)7-15/h2-9H,10H2,1H3,(H2,21,22,23,24). The molecule has 0 fully saturated rings. The van der Waals surface area contributed by atoms with Crippen LogP contribution >= 0.6 is 23.2 Å². The molecule has 0 saturated carbocycles. The molecule has 0 unspecified atom stereocenters. The number of aryl methyl sites for hydroxylation is 1. The van der Waals surface area contributed by atoms with Crippen LogP contribution in [0.15, 0.2) is 48.8 Å². The summed E-state index contributed by atoms with van der Waals surface area (Å²) >= 11 is 12.0. The quantitative estimate of drug-likeness (QED) is 0.682. The molecule has 3 aromatic rings. The van der Waals surface area contributed by atoms with Gasteiger partial charge in [0.25, 0.3) is 0 Å². The molecule has 0 aliphatic rings. The van der Waals surface area contributed by atoms with Crippen LogP contribution in [0.5, 0.6) is 0 Å². The van der Waals surface area contributed by atoms with Gasteiger partial charge in [-0.25, -0.2) is 9.97 Å². The third kappa shape index (κ3) is 4.57. The summed E-state index contributed by atoms with van der Waals surface area (Å²) in [4.78, 5) is 12.9. The first-order chi connectivity index (χ1) is 11.6. The SMILES string of the molecule is Cc1nc(NCc2cccnc2)cc(Nc2cc(Cl)cc(Cl)c2)n1. The normalized spacial score (nSPS) is 10.5. The lowest BCUT2D eigenvalue weighted by Gasteiger charge is -2.11. The Kier molecular flexibility index (Phi) is 5.13. The van der Waals surface area contributed by atoms with Crippen molar-refractivity contribution < 1.29 is 0 Å². The van der Waals surface area contributed by atoms with Gasteiger partial charge in [0.05, 0.1) is 0 Å². The van der Waals surface area contributed by atoms with Crippen LogP contribution in [0.3, 0.4) is 0 Å². The number of halogens is 2. The molecule has 1 aromatic carbocycles. The van der Waals surface area contributed by atoms with E-state index >= 15 is 0 Å². The highest BCUT2D eigenvalue weighted by molar-refractivity contribution is 6.35. The second-order valence-electron chi connectivity index (χ2n) is 5.18. The lowest BCUT2D eigenvalue weighted by molar-refractivity contribution is 1.02. The van der Waals surface area contributed by atoms with Crippen LogP contribution in [0, 0.1) is 6.92 Å². The monoisotopic (exact) mass is 359 g/mol. The fourth-order valence-corrected chi connectivity index (χ4v) is 2.72. The van der Waals surface area contributed by atoms with Gasteiger partial charge in [-0.05, 0) is 36.8 Å². The number of anilines is 3. The van der Waals surface area contributed by atoms with E-state index in [9.17, 15) is 0 Å². The summed E-state index contributed by atoms with van der Waals surface area (Å²) in [6.45, 7) is 2.47. The largest absolute Gasteiger partial charge is 0.366 e. The average Bonchev–Trinajstić information content (AvgIpc) is 2.52. The van der Waals surface area contributed by atoms with Crippen LogP contribution in [0.2, 0.25) is 10.0 Å². The minimum absolute atomic E-state index is 0.561. The predicted molar refractivity (Wildman–Crippen MR) is 98.1 cm³/mol. The first-order valence-electron chi connectivity index (χ1n) is 7.30. The fourth-order valence-electron chi connectivity index (χ4n) is 2.19. The van der Waals surface area contributed by atoms with Crippen molar-refractivity contribution in [1.29, 1.82) is 0 Å². The van der Waals surface area contributed by atoms with Crippen molar-refractivity contribution in [3.63, 3.8) is 0 Å². The Morgan fingerprint density at radius 3 is 2.46 bits per heavy atom. The fraction of sp³-hybridized carbons (Fsp3) is 0.118. The maximum Gasteiger partial charge on any atom is 0.136 e. The molecule has 2 aromatic heterocycles. The third-order valence-corrected chi connectivity index (χ3v) is 3.61. The number of aromatic nitrogens is 3. The lowest BCUT2D eigenvalue weighted by Crippen LogP contribution is -2.05. The van der Waals surface area contributed by atoms with Gasteiger partial charge in [0.2, 0.25) is 0 Å². The number of nitrogens with zero attached hydrogens (tertiary/aromatic N) is 3. The van der Waals surface area contributed by atoms with E-state index in [0.29, 0.717) is 28.2 Å². The van der Waals surface area contributed by atoms with E-state index in [1.165, 1.54) is 0 Å². The molecule has 0 saturated heterocycles. The highest BCUT2D eigenvalue weighted by Gasteiger charge is 2.04. The molecule has 0 aliphatic heterocycles. The lowest BCUT2D eigenvalue weighted by atomic mass is 10.3. The van der Waals surface area contributed by atoms with Crippen molar-refractivity contribution in [2.45, 2.75) is 13.5 Å². The van der Waals surface area contributed by atoms with Crippen LogP contribution < -0.4 is 10.6 Å². The van der Waals surface area contributed by atoms with Crippen molar-refractivity contribution in [1.82, 2.24) is 15.0 Å². The molecule has 3 rings (SSSR count). The Morgan fingerprint density at radius 1 is 1.00 bits per heavy atom. The van der Waals surface area contributed by atoms with Crippen LogP contribution in [0.25, 0.3) is 0 Å². The van der Waals surface area contributed by atoms with Crippen LogP contribution in [0.1, 0.15) is 11.4 Å². The van der Waals surface area contributed by atoms with Gasteiger partial charge < -0.3 is 10.6 Å². The van der Waals surface area contributed by atoms with Gasteiger partial charge in [-0.1, -0.05) is 29.3 Å². The second-order valence-corrected chi connectivity index (χ2v) is 6.06. The molecule has 24 heavy (non-hydrogen) atoms. The van der Waals surface area contributed by atoms with Gasteiger partial charge in [0, 0.05) is 40.7 Å². The summed E-state index contributed by atoms with van der Waals surface area (Å²) < 4.78 is 0. The zero-order valence-electron chi connectivity index (χ0n) is 12.9. The molecular formula is C17H15Cl2N5. The summed E-state index contributed by atoms with van der Waals surface area (Å²) in [6, 6.07) is 11.0. The van der Waals surface area contributed by atoms with Gasteiger partial charge in [0.1, 0.15) is 17.5 Å². The number of rotatable bonds is 5. The van der Waals surface area contributed by atoms with E-state index < -0.39 is 0 Å². The minimum atomic E-state index is 0.561. The van der Waals surface area contributed by atoms with Gasteiger partial charge in [-0.2, -0.15) is 0 Å². The molecular weight excluding hydrogens is 345 g/mol. The Hall–Kier alpha value is -2.37. The number of benzene rings is 1. The summed E-state index contributed by atoms with van der Waals surface area (Å²) in [5.74, 6) is 2.04. The Balaban J connectivity index is 1.76. The van der Waals surface area contributed by atoms with Crippen molar-refractivity contribution in [2.24, 2.45) is 0 Å². The highest BCUT2D eigenvalue weighted by Crippen LogP contribution is 2.25. The van der Waals surface area contributed by atoms with Gasteiger partial charge in [-0.3, -0.25) is 4.98 Å². The highest BCUT2D eigenvalue weighted by atomic mass is 35.5. The summed E-state index contributed by atoms with van der Waals surface area (Å²) in [5.41, 5.74) is 1.84. The number of hydrogen-bond acceptors (Lipinski definition) is 5. The summed E-state index contributed by atoms with van der Waals surface area (Å²) in [7, 11) is 0. The van der Waals surface area contributed by atoms with E-state index in [4.69, 9.17) is 23.2 Å².